The van der Waals surface area contributed by atoms with E-state index in [1.807, 2.05) is 19.1 Å². The standard InChI is InChI=1S/C24H38N6O2.HI/c1-5-25-24(26-11-6-12-30-20(3)17-19(2)28-30)27-18-23(29-13-15-32-16-14-29)21-7-9-22(31-4)10-8-21;/h7-10,17,23H,5-6,11-16,18H2,1-4H3,(H2,25,26,27);1H. The van der Waals surface area contributed by atoms with Crippen LogP contribution < -0.4 is 15.4 Å². The number of guanidine groups is 1. The number of aryl methyl sites for hydroxylation is 3. The van der Waals surface area contributed by atoms with Gasteiger partial charge < -0.3 is 20.1 Å². The van der Waals surface area contributed by atoms with Crippen molar-refractivity contribution in [3.8, 4) is 5.75 Å². The number of methoxy groups -OCH3 is 1. The molecule has 1 aliphatic heterocycles. The maximum atomic E-state index is 5.57. The first-order valence-electron chi connectivity index (χ1n) is 11.6. The van der Waals surface area contributed by atoms with E-state index in [0.717, 1.165) is 69.8 Å². The van der Waals surface area contributed by atoms with E-state index in [1.165, 1.54) is 11.3 Å². The molecule has 3 rings (SSSR count). The Morgan fingerprint density at radius 3 is 2.52 bits per heavy atom. The fraction of sp³-hybridized carbons (Fsp3) is 0.583. The lowest BCUT2D eigenvalue weighted by Gasteiger charge is -2.34. The third kappa shape index (κ3) is 8.46. The van der Waals surface area contributed by atoms with Gasteiger partial charge in [0.2, 0.25) is 0 Å². The minimum Gasteiger partial charge on any atom is -0.497 e. The largest absolute Gasteiger partial charge is 0.497 e. The lowest BCUT2D eigenvalue weighted by molar-refractivity contribution is 0.0179. The van der Waals surface area contributed by atoms with Gasteiger partial charge in [-0.25, -0.2) is 0 Å². The third-order valence-corrected chi connectivity index (χ3v) is 5.70. The first kappa shape index (κ1) is 27.4. The number of ether oxygens (including phenoxy) is 2. The van der Waals surface area contributed by atoms with Crippen molar-refractivity contribution in [2.24, 2.45) is 4.99 Å². The average molecular weight is 571 g/mol. The van der Waals surface area contributed by atoms with E-state index in [4.69, 9.17) is 14.5 Å². The molecule has 1 unspecified atom stereocenters. The summed E-state index contributed by atoms with van der Waals surface area (Å²) in [6.07, 6.45) is 0.984. The zero-order valence-corrected chi connectivity index (χ0v) is 22.7. The second-order valence-electron chi connectivity index (χ2n) is 8.09. The van der Waals surface area contributed by atoms with Crippen LogP contribution in [-0.4, -0.2) is 73.7 Å². The maximum Gasteiger partial charge on any atom is 0.191 e. The molecule has 9 heteroatoms. The first-order chi connectivity index (χ1) is 15.6. The number of aliphatic imine (C=N–C) groups is 1. The number of morpholine rings is 1. The summed E-state index contributed by atoms with van der Waals surface area (Å²) in [6, 6.07) is 10.6. The molecule has 1 saturated heterocycles. The van der Waals surface area contributed by atoms with Crippen molar-refractivity contribution in [3.63, 3.8) is 0 Å². The first-order valence-corrected chi connectivity index (χ1v) is 11.6. The molecular formula is C24H39IN6O2. The van der Waals surface area contributed by atoms with Crippen LogP contribution in [0.5, 0.6) is 5.75 Å². The molecule has 0 spiro atoms. The topological polar surface area (TPSA) is 75.9 Å². The Morgan fingerprint density at radius 1 is 1.18 bits per heavy atom. The van der Waals surface area contributed by atoms with Crippen LogP contribution in [0.3, 0.4) is 0 Å². The summed E-state index contributed by atoms with van der Waals surface area (Å²) in [6.45, 7) is 12.8. The van der Waals surface area contributed by atoms with Crippen LogP contribution in [0.1, 0.15) is 36.3 Å². The molecule has 184 valence electrons. The number of halogens is 1. The predicted molar refractivity (Wildman–Crippen MR) is 144 cm³/mol. The number of benzene rings is 1. The van der Waals surface area contributed by atoms with Crippen molar-refractivity contribution in [2.45, 2.75) is 39.8 Å². The number of rotatable bonds is 10. The van der Waals surface area contributed by atoms with Crippen molar-refractivity contribution >= 4 is 29.9 Å². The minimum absolute atomic E-state index is 0. The Morgan fingerprint density at radius 2 is 1.91 bits per heavy atom. The number of hydrogen-bond donors (Lipinski definition) is 2. The molecule has 1 fully saturated rings. The van der Waals surface area contributed by atoms with Gasteiger partial charge in [-0.1, -0.05) is 12.1 Å². The van der Waals surface area contributed by atoms with Crippen molar-refractivity contribution < 1.29 is 9.47 Å². The lowest BCUT2D eigenvalue weighted by atomic mass is 10.0. The van der Waals surface area contributed by atoms with Gasteiger partial charge in [-0.15, -0.1) is 24.0 Å². The van der Waals surface area contributed by atoms with Gasteiger partial charge in [0.25, 0.3) is 0 Å². The summed E-state index contributed by atoms with van der Waals surface area (Å²) < 4.78 is 13.0. The molecule has 0 radical (unpaired) electrons. The lowest BCUT2D eigenvalue weighted by Crippen LogP contribution is -2.42. The van der Waals surface area contributed by atoms with E-state index in [2.05, 4.69) is 57.4 Å². The van der Waals surface area contributed by atoms with Crippen molar-refractivity contribution in [3.05, 3.63) is 47.3 Å². The number of hydrogen-bond acceptors (Lipinski definition) is 5. The van der Waals surface area contributed by atoms with Gasteiger partial charge in [-0.2, -0.15) is 5.10 Å². The second-order valence-corrected chi connectivity index (χ2v) is 8.09. The summed E-state index contributed by atoms with van der Waals surface area (Å²) in [5, 5.41) is 11.4. The van der Waals surface area contributed by atoms with E-state index in [1.54, 1.807) is 7.11 Å². The van der Waals surface area contributed by atoms with Crippen LogP contribution >= 0.6 is 24.0 Å². The molecule has 33 heavy (non-hydrogen) atoms. The molecule has 0 amide bonds. The highest BCUT2D eigenvalue weighted by Gasteiger charge is 2.22. The number of nitrogens with zero attached hydrogens (tertiary/aromatic N) is 4. The van der Waals surface area contributed by atoms with E-state index < -0.39 is 0 Å². The molecule has 1 aromatic heterocycles. The molecule has 8 nitrogen and oxygen atoms in total. The van der Waals surface area contributed by atoms with Crippen LogP contribution in [-0.2, 0) is 11.3 Å². The quantitative estimate of drug-likeness (QED) is 0.198. The highest BCUT2D eigenvalue weighted by molar-refractivity contribution is 14.0. The SMILES string of the molecule is CCNC(=NCC(c1ccc(OC)cc1)N1CCOCC1)NCCCn1nc(C)cc1C.I. The molecule has 2 aromatic rings. The Labute approximate surface area is 215 Å². The van der Waals surface area contributed by atoms with E-state index in [-0.39, 0.29) is 30.0 Å². The van der Waals surface area contributed by atoms with Crippen LogP contribution in [0.2, 0.25) is 0 Å². The van der Waals surface area contributed by atoms with Gasteiger partial charge in [-0.3, -0.25) is 14.6 Å². The van der Waals surface area contributed by atoms with Crippen LogP contribution in [0.4, 0.5) is 0 Å². The Bertz CT molecular complexity index is 849. The molecule has 2 heterocycles. The molecule has 1 aromatic carbocycles. The minimum atomic E-state index is 0. The predicted octanol–water partition coefficient (Wildman–Crippen LogP) is 3.15. The van der Waals surface area contributed by atoms with Crippen molar-refractivity contribution in [1.82, 2.24) is 25.3 Å². The van der Waals surface area contributed by atoms with E-state index in [9.17, 15) is 0 Å². The maximum absolute atomic E-state index is 5.57. The Hall–Kier alpha value is -1.85. The monoisotopic (exact) mass is 570 g/mol. The van der Waals surface area contributed by atoms with E-state index in [0.29, 0.717) is 6.54 Å². The van der Waals surface area contributed by atoms with E-state index >= 15 is 0 Å². The second kappa shape index (κ2) is 14.4. The molecule has 1 aliphatic rings. The number of nitrogens with one attached hydrogen (secondary N) is 2. The van der Waals surface area contributed by atoms with Crippen LogP contribution in [0.25, 0.3) is 0 Å². The zero-order valence-electron chi connectivity index (χ0n) is 20.3. The van der Waals surface area contributed by atoms with Crippen molar-refractivity contribution in [2.75, 3.05) is 53.0 Å². The number of aromatic nitrogens is 2. The normalized spacial score (nSPS) is 15.6. The Balaban J connectivity index is 0.00000385. The van der Waals surface area contributed by atoms with Gasteiger partial charge in [0.1, 0.15) is 5.75 Å². The molecule has 0 bridgehead atoms. The highest BCUT2D eigenvalue weighted by atomic mass is 127. The Kier molecular flexibility index (Phi) is 12.0. The highest BCUT2D eigenvalue weighted by Crippen LogP contribution is 2.24. The van der Waals surface area contributed by atoms with Gasteiger partial charge >= 0.3 is 0 Å². The van der Waals surface area contributed by atoms with Gasteiger partial charge in [-0.05, 0) is 51.0 Å². The molecule has 0 aliphatic carbocycles. The third-order valence-electron chi connectivity index (χ3n) is 5.70. The van der Waals surface area contributed by atoms with Gasteiger partial charge in [0, 0.05) is 38.4 Å². The average Bonchev–Trinajstić information content (AvgIpc) is 3.14. The molecule has 1 atom stereocenters. The smallest absolute Gasteiger partial charge is 0.191 e. The summed E-state index contributed by atoms with van der Waals surface area (Å²) in [5.41, 5.74) is 3.52. The van der Waals surface area contributed by atoms with Crippen molar-refractivity contribution in [1.29, 1.82) is 0 Å². The van der Waals surface area contributed by atoms with Gasteiger partial charge in [0.15, 0.2) is 5.96 Å². The fourth-order valence-corrected chi connectivity index (χ4v) is 4.00. The summed E-state index contributed by atoms with van der Waals surface area (Å²) in [5.74, 6) is 1.73. The zero-order chi connectivity index (χ0) is 22.8. The van der Waals surface area contributed by atoms with Crippen LogP contribution in [0.15, 0.2) is 35.3 Å². The summed E-state index contributed by atoms with van der Waals surface area (Å²) >= 11 is 0. The summed E-state index contributed by atoms with van der Waals surface area (Å²) in [4.78, 5) is 7.39. The molecule has 2 N–H and O–H groups in total. The van der Waals surface area contributed by atoms with Crippen LogP contribution in [0, 0.1) is 13.8 Å². The molecular weight excluding hydrogens is 531 g/mol. The fourth-order valence-electron chi connectivity index (χ4n) is 4.00. The van der Waals surface area contributed by atoms with Gasteiger partial charge in [0.05, 0.1) is 38.6 Å². The summed E-state index contributed by atoms with van der Waals surface area (Å²) in [7, 11) is 1.70. The molecule has 0 saturated carbocycles.